The number of rotatable bonds is 6. The molecule has 3 rings (SSSR count). The van der Waals surface area contributed by atoms with Crippen LogP contribution in [0.2, 0.25) is 0 Å². The Labute approximate surface area is 146 Å². The first-order valence-electron chi connectivity index (χ1n) is 8.12. The number of benzene rings is 2. The Morgan fingerprint density at radius 3 is 2.60 bits per heavy atom. The fourth-order valence-corrected chi connectivity index (χ4v) is 2.57. The number of anilines is 1. The first-order valence-corrected chi connectivity index (χ1v) is 8.12. The van der Waals surface area contributed by atoms with Crippen LogP contribution in [0.3, 0.4) is 0 Å². The molecule has 1 atom stereocenters. The number of carbonyl (C=O) groups excluding carboxylic acids is 2. The normalized spacial score (nSPS) is 15.3. The molecule has 0 saturated heterocycles. The molecule has 2 N–H and O–H groups in total. The number of para-hydroxylation sites is 3. The van der Waals surface area contributed by atoms with Crippen molar-refractivity contribution in [1.82, 2.24) is 5.32 Å². The third kappa shape index (κ3) is 4.29. The molecule has 0 aliphatic carbocycles. The van der Waals surface area contributed by atoms with Crippen LogP contribution in [0, 0.1) is 0 Å². The summed E-state index contributed by atoms with van der Waals surface area (Å²) in [4.78, 5) is 23.6. The summed E-state index contributed by atoms with van der Waals surface area (Å²) in [5.74, 6) is 1.17. The molecule has 6 heteroatoms. The Bertz CT molecular complexity index is 776. The van der Waals surface area contributed by atoms with Gasteiger partial charge >= 0.3 is 0 Å². The lowest BCUT2D eigenvalue weighted by atomic mass is 10.1. The summed E-state index contributed by atoms with van der Waals surface area (Å²) in [6, 6.07) is 14.6. The van der Waals surface area contributed by atoms with Crippen LogP contribution in [-0.4, -0.2) is 37.5 Å². The molecule has 0 fully saturated rings. The molecule has 0 aromatic heterocycles. The lowest BCUT2D eigenvalue weighted by Gasteiger charge is -2.26. The lowest BCUT2D eigenvalue weighted by molar-refractivity contribution is -0.119. The molecule has 0 bridgehead atoms. The van der Waals surface area contributed by atoms with Gasteiger partial charge in [0.15, 0.2) is 17.3 Å². The van der Waals surface area contributed by atoms with Crippen molar-refractivity contribution in [2.75, 3.05) is 25.0 Å². The second-order valence-electron chi connectivity index (χ2n) is 5.76. The fraction of sp³-hybridized carbons (Fsp3) is 0.263. The monoisotopic (exact) mass is 340 g/mol. The van der Waals surface area contributed by atoms with Crippen LogP contribution in [-0.2, 0) is 4.79 Å². The van der Waals surface area contributed by atoms with Gasteiger partial charge in [0.05, 0.1) is 13.1 Å². The molecule has 1 aliphatic heterocycles. The molecule has 0 radical (unpaired) electrons. The Balaban J connectivity index is 1.47. The van der Waals surface area contributed by atoms with E-state index in [1.165, 1.54) is 6.92 Å². The van der Waals surface area contributed by atoms with Gasteiger partial charge in [0.25, 0.3) is 0 Å². The van der Waals surface area contributed by atoms with Gasteiger partial charge in [-0.25, -0.2) is 0 Å². The smallest absolute Gasteiger partial charge is 0.239 e. The molecule has 1 aliphatic rings. The first-order chi connectivity index (χ1) is 12.1. The van der Waals surface area contributed by atoms with Crippen molar-refractivity contribution < 1.29 is 19.1 Å². The highest BCUT2D eigenvalue weighted by molar-refractivity contribution is 6.00. The second-order valence-corrected chi connectivity index (χ2v) is 5.76. The van der Waals surface area contributed by atoms with E-state index >= 15 is 0 Å². The quantitative estimate of drug-likeness (QED) is 0.789. The maximum absolute atomic E-state index is 12.0. The average molecular weight is 340 g/mol. The van der Waals surface area contributed by atoms with Gasteiger partial charge in [-0.3, -0.25) is 9.59 Å². The van der Waals surface area contributed by atoms with Crippen LogP contribution in [0.5, 0.6) is 11.5 Å². The van der Waals surface area contributed by atoms with Gasteiger partial charge in [-0.2, -0.15) is 0 Å². The van der Waals surface area contributed by atoms with Crippen molar-refractivity contribution in [3.8, 4) is 11.5 Å². The maximum atomic E-state index is 12.0. The third-order valence-corrected chi connectivity index (χ3v) is 3.84. The van der Waals surface area contributed by atoms with Crippen LogP contribution >= 0.6 is 0 Å². The Morgan fingerprint density at radius 2 is 1.80 bits per heavy atom. The van der Waals surface area contributed by atoms with Gasteiger partial charge in [0, 0.05) is 11.3 Å². The Hall–Kier alpha value is -3.02. The van der Waals surface area contributed by atoms with Crippen LogP contribution in [0.25, 0.3) is 0 Å². The van der Waals surface area contributed by atoms with Gasteiger partial charge in [0.1, 0.15) is 12.7 Å². The van der Waals surface area contributed by atoms with Gasteiger partial charge in [-0.1, -0.05) is 24.3 Å². The van der Waals surface area contributed by atoms with Crippen LogP contribution in [0.15, 0.2) is 48.5 Å². The zero-order valence-corrected chi connectivity index (χ0v) is 14.0. The van der Waals surface area contributed by atoms with Gasteiger partial charge in [-0.15, -0.1) is 0 Å². The first kappa shape index (κ1) is 16.8. The minimum absolute atomic E-state index is 0.0464. The second kappa shape index (κ2) is 7.70. The van der Waals surface area contributed by atoms with Crippen molar-refractivity contribution in [2.24, 2.45) is 0 Å². The highest BCUT2D eigenvalue weighted by Gasteiger charge is 2.21. The molecule has 130 valence electrons. The summed E-state index contributed by atoms with van der Waals surface area (Å²) >= 11 is 0. The van der Waals surface area contributed by atoms with E-state index in [9.17, 15) is 9.59 Å². The molecular formula is C19H20N2O4. The molecular weight excluding hydrogens is 320 g/mol. The molecule has 1 unspecified atom stereocenters. The van der Waals surface area contributed by atoms with E-state index in [0.717, 1.165) is 0 Å². The van der Waals surface area contributed by atoms with Crippen LogP contribution < -0.4 is 20.1 Å². The molecule has 0 saturated carbocycles. The summed E-state index contributed by atoms with van der Waals surface area (Å²) in [6.45, 7) is 2.31. The number of fused-ring (bicyclic) bond motifs is 1. The standard InChI is InChI=1S/C19H20N2O4/c1-13(22)15-6-2-3-7-16(15)20-11-19(23)21-10-14-12-24-17-8-4-5-9-18(17)25-14/h2-9,14,20H,10-12H2,1H3,(H,21,23). The molecule has 2 aromatic carbocycles. The van der Waals surface area contributed by atoms with E-state index < -0.39 is 0 Å². The van der Waals surface area contributed by atoms with Crippen molar-refractivity contribution in [2.45, 2.75) is 13.0 Å². The summed E-state index contributed by atoms with van der Waals surface area (Å²) < 4.78 is 11.4. The zero-order valence-electron chi connectivity index (χ0n) is 14.0. The number of ether oxygens (including phenoxy) is 2. The van der Waals surface area contributed by atoms with E-state index in [-0.39, 0.29) is 24.3 Å². The van der Waals surface area contributed by atoms with Gasteiger partial charge in [-0.05, 0) is 31.2 Å². The number of hydrogen-bond acceptors (Lipinski definition) is 5. The number of amides is 1. The maximum Gasteiger partial charge on any atom is 0.239 e. The SMILES string of the molecule is CC(=O)c1ccccc1NCC(=O)NCC1COc2ccccc2O1. The summed E-state index contributed by atoms with van der Waals surface area (Å²) in [5.41, 5.74) is 1.22. The number of ketones is 1. The molecule has 2 aromatic rings. The lowest BCUT2D eigenvalue weighted by Crippen LogP contribution is -2.42. The largest absolute Gasteiger partial charge is 0.486 e. The predicted molar refractivity (Wildman–Crippen MR) is 94.3 cm³/mol. The number of carbonyl (C=O) groups is 2. The minimum Gasteiger partial charge on any atom is -0.486 e. The Kier molecular flexibility index (Phi) is 5.18. The van der Waals surface area contributed by atoms with Crippen molar-refractivity contribution in [3.05, 3.63) is 54.1 Å². The van der Waals surface area contributed by atoms with Gasteiger partial charge < -0.3 is 20.1 Å². The minimum atomic E-state index is -0.233. The molecule has 6 nitrogen and oxygen atoms in total. The van der Waals surface area contributed by atoms with E-state index in [2.05, 4.69) is 10.6 Å². The average Bonchev–Trinajstić information content (AvgIpc) is 2.64. The predicted octanol–water partition coefficient (Wildman–Crippen LogP) is 2.26. The fourth-order valence-electron chi connectivity index (χ4n) is 2.57. The number of Topliss-reactive ketones (excluding diaryl/α,β-unsaturated/α-hetero) is 1. The van der Waals surface area contributed by atoms with Crippen molar-refractivity contribution in [3.63, 3.8) is 0 Å². The highest BCUT2D eigenvalue weighted by atomic mass is 16.6. The molecule has 25 heavy (non-hydrogen) atoms. The molecule has 1 heterocycles. The van der Waals surface area contributed by atoms with Gasteiger partial charge in [0.2, 0.25) is 5.91 Å². The van der Waals surface area contributed by atoms with E-state index in [1.807, 2.05) is 30.3 Å². The van der Waals surface area contributed by atoms with E-state index in [0.29, 0.717) is 35.9 Å². The van der Waals surface area contributed by atoms with E-state index in [1.54, 1.807) is 18.2 Å². The summed E-state index contributed by atoms with van der Waals surface area (Å²) in [5, 5.41) is 5.80. The van der Waals surface area contributed by atoms with Crippen molar-refractivity contribution in [1.29, 1.82) is 0 Å². The zero-order chi connectivity index (χ0) is 17.6. The number of nitrogens with one attached hydrogen (secondary N) is 2. The van der Waals surface area contributed by atoms with Crippen LogP contribution in [0.1, 0.15) is 17.3 Å². The van der Waals surface area contributed by atoms with E-state index in [4.69, 9.17) is 9.47 Å². The van der Waals surface area contributed by atoms with Crippen LogP contribution in [0.4, 0.5) is 5.69 Å². The topological polar surface area (TPSA) is 76.7 Å². The molecule has 0 spiro atoms. The van der Waals surface area contributed by atoms with Crippen molar-refractivity contribution >= 4 is 17.4 Å². The number of hydrogen-bond donors (Lipinski definition) is 2. The third-order valence-electron chi connectivity index (χ3n) is 3.84. The highest BCUT2D eigenvalue weighted by Crippen LogP contribution is 2.30. The summed E-state index contributed by atoms with van der Waals surface area (Å²) in [6.07, 6.45) is -0.233. The Morgan fingerprint density at radius 1 is 1.08 bits per heavy atom. The summed E-state index contributed by atoms with van der Waals surface area (Å²) in [7, 11) is 0. The molecule has 1 amide bonds.